The Hall–Kier alpha value is -1.43. The molecular weight excluding hydrogens is 216 g/mol. The number of hydrogen-bond donors (Lipinski definition) is 0. The number of ketones is 1. The summed E-state index contributed by atoms with van der Waals surface area (Å²) in [4.78, 5) is 24.7. The second-order valence-electron chi connectivity index (χ2n) is 3.15. The summed E-state index contributed by atoms with van der Waals surface area (Å²) in [6.45, 7) is 1.41. The number of hydrogen-bond acceptors (Lipinski definition) is 6. The van der Waals surface area contributed by atoms with Crippen molar-refractivity contribution in [2.24, 2.45) is 0 Å². The maximum atomic E-state index is 11.4. The highest BCUT2D eigenvalue weighted by molar-refractivity contribution is 7.08. The number of nitrogens with zero attached hydrogens (tertiary/aromatic N) is 2. The molecule has 0 spiro atoms. The molecule has 0 aromatic carbocycles. The Labute approximate surface area is 91.8 Å². The molecular formula is C9H12N2O3S. The molecule has 1 aromatic rings. The van der Waals surface area contributed by atoms with E-state index in [0.717, 1.165) is 11.5 Å². The van der Waals surface area contributed by atoms with Gasteiger partial charge in [0.05, 0.1) is 12.7 Å². The molecule has 1 rings (SSSR count). The van der Waals surface area contributed by atoms with E-state index in [1.54, 1.807) is 19.0 Å². The average molecular weight is 228 g/mol. The van der Waals surface area contributed by atoms with Gasteiger partial charge in [-0.2, -0.15) is 4.37 Å². The summed E-state index contributed by atoms with van der Waals surface area (Å²) < 4.78 is 8.63. The van der Waals surface area contributed by atoms with Crippen molar-refractivity contribution in [1.29, 1.82) is 0 Å². The highest BCUT2D eigenvalue weighted by atomic mass is 32.1. The fourth-order valence-electron chi connectivity index (χ4n) is 1.14. The fourth-order valence-corrected chi connectivity index (χ4v) is 2.05. The molecule has 0 saturated carbocycles. The van der Waals surface area contributed by atoms with Gasteiger partial charge in [-0.1, -0.05) is 0 Å². The number of carbonyl (C=O) groups is 2. The van der Waals surface area contributed by atoms with Crippen molar-refractivity contribution in [3.8, 4) is 0 Å². The minimum absolute atomic E-state index is 0.187. The number of esters is 1. The molecule has 0 unspecified atom stereocenters. The maximum absolute atomic E-state index is 11.4. The Morgan fingerprint density at radius 1 is 1.40 bits per heavy atom. The Kier molecular flexibility index (Phi) is 3.41. The first-order chi connectivity index (χ1) is 6.99. The first kappa shape index (κ1) is 11.6. The number of carbonyl (C=O) groups excluding carboxylic acids is 2. The van der Waals surface area contributed by atoms with Crippen LogP contribution in [0.25, 0.3) is 0 Å². The van der Waals surface area contributed by atoms with E-state index in [0.29, 0.717) is 11.4 Å². The van der Waals surface area contributed by atoms with Crippen LogP contribution in [0.1, 0.15) is 27.0 Å². The lowest BCUT2D eigenvalue weighted by molar-refractivity contribution is 0.0603. The predicted octanol–water partition coefficient (Wildman–Crippen LogP) is 1.20. The third-order valence-electron chi connectivity index (χ3n) is 1.82. The van der Waals surface area contributed by atoms with Crippen molar-refractivity contribution >= 4 is 29.1 Å². The number of rotatable bonds is 3. The van der Waals surface area contributed by atoms with Gasteiger partial charge in [0.1, 0.15) is 4.88 Å². The molecule has 82 valence electrons. The SMILES string of the molecule is COC(=O)c1snc(N(C)C)c1C(C)=O. The molecule has 0 saturated heterocycles. The predicted molar refractivity (Wildman–Crippen MR) is 57.8 cm³/mol. The van der Waals surface area contributed by atoms with E-state index in [9.17, 15) is 9.59 Å². The van der Waals surface area contributed by atoms with E-state index in [1.165, 1.54) is 14.0 Å². The number of anilines is 1. The highest BCUT2D eigenvalue weighted by Crippen LogP contribution is 2.26. The summed E-state index contributed by atoms with van der Waals surface area (Å²) in [5, 5.41) is 0. The van der Waals surface area contributed by atoms with E-state index in [2.05, 4.69) is 9.11 Å². The summed E-state index contributed by atoms with van der Waals surface area (Å²) in [7, 11) is 4.81. The molecule has 0 aliphatic rings. The van der Waals surface area contributed by atoms with E-state index in [1.807, 2.05) is 0 Å². The molecule has 0 N–H and O–H groups in total. The van der Waals surface area contributed by atoms with Gasteiger partial charge in [0.2, 0.25) is 0 Å². The summed E-state index contributed by atoms with van der Waals surface area (Å²) in [6, 6.07) is 0. The van der Waals surface area contributed by atoms with Crippen molar-refractivity contribution in [3.05, 3.63) is 10.4 Å². The average Bonchev–Trinajstić information content (AvgIpc) is 2.60. The topological polar surface area (TPSA) is 59.5 Å². The molecule has 0 radical (unpaired) electrons. The van der Waals surface area contributed by atoms with Crippen LogP contribution in [0.15, 0.2) is 0 Å². The van der Waals surface area contributed by atoms with E-state index < -0.39 is 5.97 Å². The lowest BCUT2D eigenvalue weighted by Gasteiger charge is -2.09. The van der Waals surface area contributed by atoms with Crippen LogP contribution in [0, 0.1) is 0 Å². The van der Waals surface area contributed by atoms with Gasteiger partial charge >= 0.3 is 5.97 Å². The van der Waals surface area contributed by atoms with Gasteiger partial charge in [-0.05, 0) is 18.5 Å². The van der Waals surface area contributed by atoms with Gasteiger partial charge in [0.15, 0.2) is 11.6 Å². The van der Waals surface area contributed by atoms with Crippen LogP contribution in [-0.2, 0) is 4.74 Å². The summed E-state index contributed by atoms with van der Waals surface area (Å²) in [5.74, 6) is -0.202. The van der Waals surface area contributed by atoms with Crippen molar-refractivity contribution in [2.45, 2.75) is 6.92 Å². The van der Waals surface area contributed by atoms with Crippen LogP contribution in [0.2, 0.25) is 0 Å². The zero-order valence-corrected chi connectivity index (χ0v) is 9.84. The second-order valence-corrected chi connectivity index (χ2v) is 3.93. The number of Topliss-reactive ketones (excluding diaryl/α,β-unsaturated/α-hetero) is 1. The lowest BCUT2D eigenvalue weighted by atomic mass is 10.2. The molecule has 15 heavy (non-hydrogen) atoms. The Balaban J connectivity index is 3.30. The second kappa shape index (κ2) is 4.39. The monoisotopic (exact) mass is 228 g/mol. The number of aromatic nitrogens is 1. The van der Waals surface area contributed by atoms with Gasteiger partial charge in [0.25, 0.3) is 0 Å². The molecule has 0 fully saturated rings. The summed E-state index contributed by atoms with van der Waals surface area (Å²) >= 11 is 0.978. The minimum Gasteiger partial charge on any atom is -0.465 e. The molecule has 0 aliphatic heterocycles. The summed E-state index contributed by atoms with van der Waals surface area (Å²) in [5.41, 5.74) is 0.330. The third-order valence-corrected chi connectivity index (χ3v) is 2.64. The van der Waals surface area contributed by atoms with E-state index in [-0.39, 0.29) is 10.7 Å². The van der Waals surface area contributed by atoms with Crippen LogP contribution in [0.4, 0.5) is 5.82 Å². The van der Waals surface area contributed by atoms with Gasteiger partial charge < -0.3 is 9.64 Å². The number of ether oxygens (including phenoxy) is 1. The molecule has 1 heterocycles. The molecule has 0 bridgehead atoms. The molecule has 0 aliphatic carbocycles. The third kappa shape index (κ3) is 2.15. The fraction of sp³-hybridized carbons (Fsp3) is 0.444. The molecule has 5 nitrogen and oxygen atoms in total. The molecule has 0 amide bonds. The Morgan fingerprint density at radius 2 is 2.00 bits per heavy atom. The van der Waals surface area contributed by atoms with Crippen molar-refractivity contribution in [2.75, 3.05) is 26.1 Å². The maximum Gasteiger partial charge on any atom is 0.350 e. The minimum atomic E-state index is -0.522. The smallest absolute Gasteiger partial charge is 0.350 e. The van der Waals surface area contributed by atoms with Crippen molar-refractivity contribution < 1.29 is 14.3 Å². The first-order valence-corrected chi connectivity index (χ1v) is 5.02. The number of methoxy groups -OCH3 is 1. The first-order valence-electron chi connectivity index (χ1n) is 4.25. The van der Waals surface area contributed by atoms with Gasteiger partial charge in [-0.3, -0.25) is 4.79 Å². The van der Waals surface area contributed by atoms with Crippen molar-refractivity contribution in [1.82, 2.24) is 4.37 Å². The molecule has 6 heteroatoms. The van der Waals surface area contributed by atoms with Crippen molar-refractivity contribution in [3.63, 3.8) is 0 Å². The van der Waals surface area contributed by atoms with Gasteiger partial charge in [0, 0.05) is 14.1 Å². The Morgan fingerprint density at radius 3 is 2.40 bits per heavy atom. The zero-order valence-electron chi connectivity index (χ0n) is 9.03. The van der Waals surface area contributed by atoms with Gasteiger partial charge in [-0.25, -0.2) is 4.79 Å². The van der Waals surface area contributed by atoms with Gasteiger partial charge in [-0.15, -0.1) is 0 Å². The normalized spacial score (nSPS) is 9.87. The van der Waals surface area contributed by atoms with Crippen LogP contribution in [-0.4, -0.2) is 37.3 Å². The summed E-state index contributed by atoms with van der Waals surface area (Å²) in [6.07, 6.45) is 0. The van der Waals surface area contributed by atoms with E-state index in [4.69, 9.17) is 0 Å². The standard InChI is InChI=1S/C9H12N2O3S/c1-5(12)6-7(9(13)14-4)15-10-8(6)11(2)3/h1-4H3. The highest BCUT2D eigenvalue weighted by Gasteiger charge is 2.24. The van der Waals surface area contributed by atoms with Crippen LogP contribution < -0.4 is 4.90 Å². The zero-order chi connectivity index (χ0) is 11.6. The lowest BCUT2D eigenvalue weighted by Crippen LogP contribution is -2.14. The van der Waals surface area contributed by atoms with Crippen LogP contribution in [0.3, 0.4) is 0 Å². The molecule has 1 aromatic heterocycles. The van der Waals surface area contributed by atoms with Crippen LogP contribution >= 0.6 is 11.5 Å². The Bertz CT molecular complexity index is 398. The van der Waals surface area contributed by atoms with Crippen LogP contribution in [0.5, 0.6) is 0 Å². The van der Waals surface area contributed by atoms with E-state index >= 15 is 0 Å². The molecule has 0 atom stereocenters. The quantitative estimate of drug-likeness (QED) is 0.574. The largest absolute Gasteiger partial charge is 0.465 e.